The predicted octanol–water partition coefficient (Wildman–Crippen LogP) is 0.435. The fourth-order valence-electron chi connectivity index (χ4n) is 2.49. The zero-order chi connectivity index (χ0) is 14.8. The van der Waals surface area contributed by atoms with Crippen molar-refractivity contribution in [3.63, 3.8) is 0 Å². The van der Waals surface area contributed by atoms with Gasteiger partial charge in [0, 0.05) is 26.3 Å². The Bertz CT molecular complexity index is 262. The molecule has 6 heteroatoms. The number of aliphatic hydroxyl groups is 2. The number of aliphatic hydroxyl groups excluding tert-OH is 2. The number of rotatable bonds is 2. The smallest absolute Gasteiger partial charge is 0.409 e. The summed E-state index contributed by atoms with van der Waals surface area (Å²) in [6.07, 6.45) is 3.80. The fraction of sp³-hybridized carbons (Fsp3) is 0.929. The quantitative estimate of drug-likeness (QED) is 0.687. The maximum Gasteiger partial charge on any atom is 0.409 e. The van der Waals surface area contributed by atoms with Crippen molar-refractivity contribution in [3.05, 3.63) is 0 Å². The molecule has 2 heterocycles. The van der Waals surface area contributed by atoms with Gasteiger partial charge in [0.25, 0.3) is 0 Å². The van der Waals surface area contributed by atoms with Gasteiger partial charge in [-0.15, -0.1) is 0 Å². The van der Waals surface area contributed by atoms with E-state index in [0.29, 0.717) is 31.5 Å². The molecule has 3 N–H and O–H groups in total. The Balaban J connectivity index is 0.000000217. The lowest BCUT2D eigenvalue weighted by atomic mass is 9.98. The summed E-state index contributed by atoms with van der Waals surface area (Å²) in [5.74, 6) is 0.946. The summed E-state index contributed by atoms with van der Waals surface area (Å²) >= 11 is 0. The normalized spacial score (nSPS) is 21.1. The molecule has 2 fully saturated rings. The highest BCUT2D eigenvalue weighted by atomic mass is 16.5. The van der Waals surface area contributed by atoms with E-state index < -0.39 is 0 Å². The van der Waals surface area contributed by atoms with Crippen molar-refractivity contribution in [2.45, 2.75) is 25.7 Å². The topological polar surface area (TPSA) is 82.0 Å². The number of likely N-dealkylation sites (tertiary alicyclic amines) is 1. The first kappa shape index (κ1) is 17.2. The van der Waals surface area contributed by atoms with Crippen LogP contribution in [0.1, 0.15) is 25.7 Å². The summed E-state index contributed by atoms with van der Waals surface area (Å²) in [6.45, 7) is 4.20. The van der Waals surface area contributed by atoms with Crippen molar-refractivity contribution < 1.29 is 19.7 Å². The minimum Gasteiger partial charge on any atom is -0.453 e. The van der Waals surface area contributed by atoms with Crippen molar-refractivity contribution in [2.75, 3.05) is 46.5 Å². The molecule has 0 spiro atoms. The molecule has 118 valence electrons. The minimum atomic E-state index is -0.258. The molecule has 0 radical (unpaired) electrons. The van der Waals surface area contributed by atoms with Crippen molar-refractivity contribution in [2.24, 2.45) is 11.8 Å². The third-order valence-corrected chi connectivity index (χ3v) is 4.02. The third-order valence-electron chi connectivity index (χ3n) is 4.02. The van der Waals surface area contributed by atoms with Crippen LogP contribution in [0, 0.1) is 11.8 Å². The number of carbonyl (C=O) groups excluding carboxylic acids is 1. The lowest BCUT2D eigenvalue weighted by Crippen LogP contribution is -2.39. The highest BCUT2D eigenvalue weighted by Crippen LogP contribution is 2.16. The van der Waals surface area contributed by atoms with Crippen molar-refractivity contribution in [1.82, 2.24) is 10.2 Å². The van der Waals surface area contributed by atoms with Gasteiger partial charge in [0.15, 0.2) is 0 Å². The minimum absolute atomic E-state index is 0.231. The SMILES string of the molecule is COC(=O)N1CCC(CO)CC1.OCC1CCNCC1. The van der Waals surface area contributed by atoms with Crippen LogP contribution in [0.15, 0.2) is 0 Å². The van der Waals surface area contributed by atoms with Gasteiger partial charge in [-0.2, -0.15) is 0 Å². The van der Waals surface area contributed by atoms with Crippen LogP contribution in [0.5, 0.6) is 0 Å². The Morgan fingerprint density at radius 3 is 2.00 bits per heavy atom. The summed E-state index contributed by atoms with van der Waals surface area (Å²) in [5, 5.41) is 20.7. The Morgan fingerprint density at radius 1 is 1.10 bits per heavy atom. The molecule has 0 unspecified atom stereocenters. The lowest BCUT2D eigenvalue weighted by molar-refractivity contribution is 0.0934. The van der Waals surface area contributed by atoms with Crippen molar-refractivity contribution in [3.8, 4) is 0 Å². The van der Waals surface area contributed by atoms with Crippen LogP contribution in [0.4, 0.5) is 4.79 Å². The average molecular weight is 288 g/mol. The fourth-order valence-corrected chi connectivity index (χ4v) is 2.49. The molecule has 0 aromatic carbocycles. The second-order valence-electron chi connectivity index (χ2n) is 5.46. The van der Waals surface area contributed by atoms with E-state index in [2.05, 4.69) is 10.1 Å². The molecule has 0 aliphatic carbocycles. The number of nitrogens with zero attached hydrogens (tertiary/aromatic N) is 1. The largest absolute Gasteiger partial charge is 0.453 e. The predicted molar refractivity (Wildman–Crippen MR) is 76.5 cm³/mol. The highest BCUT2D eigenvalue weighted by Gasteiger charge is 2.22. The van der Waals surface area contributed by atoms with Gasteiger partial charge in [0.1, 0.15) is 0 Å². The van der Waals surface area contributed by atoms with Crippen LogP contribution in [0.2, 0.25) is 0 Å². The van der Waals surface area contributed by atoms with E-state index >= 15 is 0 Å². The molecule has 2 aliphatic heterocycles. The van der Waals surface area contributed by atoms with Crippen LogP contribution >= 0.6 is 0 Å². The van der Waals surface area contributed by atoms with Crippen molar-refractivity contribution in [1.29, 1.82) is 0 Å². The molecule has 2 saturated heterocycles. The Morgan fingerprint density at radius 2 is 1.60 bits per heavy atom. The number of hydrogen-bond donors (Lipinski definition) is 3. The Kier molecular flexibility index (Phi) is 8.57. The Hall–Kier alpha value is -0.850. The number of nitrogens with one attached hydrogen (secondary N) is 1. The maximum atomic E-state index is 11.0. The third kappa shape index (κ3) is 6.07. The van der Waals surface area contributed by atoms with Gasteiger partial charge < -0.3 is 25.2 Å². The zero-order valence-electron chi connectivity index (χ0n) is 12.4. The first-order chi connectivity index (χ1) is 9.71. The molecule has 20 heavy (non-hydrogen) atoms. The van der Waals surface area contributed by atoms with Gasteiger partial charge in [-0.3, -0.25) is 0 Å². The number of methoxy groups -OCH3 is 1. The summed E-state index contributed by atoms with van der Waals surface area (Å²) in [6, 6.07) is 0. The summed E-state index contributed by atoms with van der Waals surface area (Å²) in [4.78, 5) is 12.7. The van der Waals surface area contributed by atoms with Crippen LogP contribution < -0.4 is 5.32 Å². The molecule has 6 nitrogen and oxygen atoms in total. The van der Waals surface area contributed by atoms with E-state index in [0.717, 1.165) is 38.8 Å². The molecule has 1 amide bonds. The zero-order valence-corrected chi connectivity index (χ0v) is 12.4. The number of hydrogen-bond acceptors (Lipinski definition) is 5. The van der Waals surface area contributed by atoms with E-state index in [-0.39, 0.29) is 12.7 Å². The van der Waals surface area contributed by atoms with Gasteiger partial charge >= 0.3 is 6.09 Å². The van der Waals surface area contributed by atoms with Gasteiger partial charge in [0.05, 0.1) is 7.11 Å². The molecular weight excluding hydrogens is 260 g/mol. The Labute approximate surface area is 121 Å². The van der Waals surface area contributed by atoms with Gasteiger partial charge in [-0.25, -0.2) is 4.79 Å². The average Bonchev–Trinajstić information content (AvgIpc) is 2.55. The second-order valence-corrected chi connectivity index (χ2v) is 5.46. The van der Waals surface area contributed by atoms with E-state index in [1.54, 1.807) is 4.90 Å². The summed E-state index contributed by atoms with van der Waals surface area (Å²) < 4.78 is 4.58. The maximum absolute atomic E-state index is 11.0. The van der Waals surface area contributed by atoms with E-state index in [1.165, 1.54) is 7.11 Å². The molecule has 0 aromatic rings. The number of ether oxygens (including phenoxy) is 1. The standard InChI is InChI=1S/C8H15NO3.C6H13NO/c1-12-8(11)9-4-2-7(6-10)3-5-9;8-5-6-1-3-7-4-2-6/h7,10H,2-6H2,1H3;6-8H,1-5H2. The van der Waals surface area contributed by atoms with Crippen LogP contribution in [-0.4, -0.2) is 67.7 Å². The van der Waals surface area contributed by atoms with Gasteiger partial charge in [-0.05, 0) is 50.6 Å². The highest BCUT2D eigenvalue weighted by molar-refractivity contribution is 5.67. The molecule has 0 saturated carbocycles. The first-order valence-electron chi connectivity index (χ1n) is 7.46. The lowest BCUT2D eigenvalue weighted by Gasteiger charge is -2.29. The van der Waals surface area contributed by atoms with Gasteiger partial charge in [0.2, 0.25) is 0 Å². The number of piperidine rings is 2. The molecule has 0 aromatic heterocycles. The van der Waals surface area contributed by atoms with Crippen LogP contribution in [0.25, 0.3) is 0 Å². The molecule has 0 atom stereocenters. The summed E-state index contributed by atoms with van der Waals surface area (Å²) in [5.41, 5.74) is 0. The number of amides is 1. The first-order valence-corrected chi connectivity index (χ1v) is 7.46. The van der Waals surface area contributed by atoms with Crippen molar-refractivity contribution >= 4 is 6.09 Å². The second kappa shape index (κ2) is 9.96. The van der Waals surface area contributed by atoms with E-state index in [4.69, 9.17) is 10.2 Å². The molecular formula is C14H28N2O4. The molecule has 2 rings (SSSR count). The monoisotopic (exact) mass is 288 g/mol. The van der Waals surface area contributed by atoms with Crippen LogP contribution in [-0.2, 0) is 4.74 Å². The van der Waals surface area contributed by atoms with Crippen LogP contribution in [0.3, 0.4) is 0 Å². The summed E-state index contributed by atoms with van der Waals surface area (Å²) in [7, 11) is 1.39. The van der Waals surface area contributed by atoms with E-state index in [1.807, 2.05) is 0 Å². The van der Waals surface area contributed by atoms with E-state index in [9.17, 15) is 4.79 Å². The number of carbonyl (C=O) groups is 1. The molecule has 0 bridgehead atoms. The molecule has 2 aliphatic rings. The van der Waals surface area contributed by atoms with Gasteiger partial charge in [-0.1, -0.05) is 0 Å².